The molecule has 8 nitrogen and oxygen atoms in total. The average Bonchev–Trinajstić information content (AvgIpc) is 3.62. The van der Waals surface area contributed by atoms with E-state index in [0.29, 0.717) is 44.0 Å². The van der Waals surface area contributed by atoms with Crippen LogP contribution in [0.25, 0.3) is 0 Å². The van der Waals surface area contributed by atoms with E-state index in [1.807, 2.05) is 54.3 Å². The highest BCUT2D eigenvalue weighted by Crippen LogP contribution is 2.46. The number of amides is 4. The average molecular weight is 516 g/mol. The second-order valence-electron chi connectivity index (χ2n) is 11.2. The Bertz CT molecular complexity index is 1300. The molecule has 8 heteroatoms. The maximum Gasteiger partial charge on any atom is 0.418 e. The first-order chi connectivity index (χ1) is 18.3. The summed E-state index contributed by atoms with van der Waals surface area (Å²) >= 11 is 0. The Morgan fingerprint density at radius 1 is 1.11 bits per heavy atom. The number of benzene rings is 2. The molecular formula is C30H33N3O5. The molecular weight excluding hydrogens is 482 g/mol. The van der Waals surface area contributed by atoms with Gasteiger partial charge in [-0.15, -0.1) is 0 Å². The van der Waals surface area contributed by atoms with E-state index in [-0.39, 0.29) is 30.3 Å². The number of hydrogen-bond acceptors (Lipinski definition) is 5. The third-order valence-electron chi connectivity index (χ3n) is 8.79. The van der Waals surface area contributed by atoms with Gasteiger partial charge in [0, 0.05) is 50.5 Å². The standard InChI is InChI=1S/C30H33N3O5/c1-19(22-8-9-22)32(15-21-6-4-3-5-7-21)27(35)18-33-28(36)30(38-29(33)37)13-12-24-14-23(10-11-26(24)30)25-16-31(17-25)20(2)34/h3-7,10-11,14,19,22,25H,8-9,12-13,15-18H2,1-2H3/t19?,30-/m1/s1. The minimum atomic E-state index is -1.36. The van der Waals surface area contributed by atoms with Crippen LogP contribution in [0.4, 0.5) is 4.79 Å². The fourth-order valence-electron chi connectivity index (χ4n) is 6.17. The summed E-state index contributed by atoms with van der Waals surface area (Å²) in [6, 6.07) is 15.8. The minimum Gasteiger partial charge on any atom is -0.427 e. The number of likely N-dealkylation sites (tertiary alicyclic amines) is 1. The summed E-state index contributed by atoms with van der Waals surface area (Å²) in [4.78, 5) is 56.4. The highest BCUT2D eigenvalue weighted by Gasteiger charge is 2.58. The molecule has 2 aromatic rings. The molecule has 4 amide bonds. The van der Waals surface area contributed by atoms with Gasteiger partial charge in [0.25, 0.3) is 5.91 Å². The van der Waals surface area contributed by atoms with Gasteiger partial charge >= 0.3 is 6.09 Å². The van der Waals surface area contributed by atoms with Crippen LogP contribution >= 0.6 is 0 Å². The molecule has 1 unspecified atom stereocenters. The second kappa shape index (κ2) is 9.26. The summed E-state index contributed by atoms with van der Waals surface area (Å²) in [5, 5.41) is 0. The highest BCUT2D eigenvalue weighted by atomic mass is 16.6. The van der Waals surface area contributed by atoms with Crippen molar-refractivity contribution >= 4 is 23.8 Å². The third kappa shape index (κ3) is 4.16. The Morgan fingerprint density at radius 3 is 2.53 bits per heavy atom. The molecule has 0 bridgehead atoms. The summed E-state index contributed by atoms with van der Waals surface area (Å²) in [5.74, 6) is 0.107. The van der Waals surface area contributed by atoms with Crippen LogP contribution in [0.15, 0.2) is 48.5 Å². The number of fused-ring (bicyclic) bond motifs is 2. The van der Waals surface area contributed by atoms with E-state index in [9.17, 15) is 19.2 Å². The number of ether oxygens (including phenoxy) is 1. The lowest BCUT2D eigenvalue weighted by Gasteiger charge is -2.39. The zero-order valence-corrected chi connectivity index (χ0v) is 21.9. The Kier molecular flexibility index (Phi) is 6.00. The molecule has 2 aliphatic carbocycles. The van der Waals surface area contributed by atoms with E-state index >= 15 is 0 Å². The lowest BCUT2D eigenvalue weighted by molar-refractivity contribution is -0.143. The van der Waals surface area contributed by atoms with Crippen molar-refractivity contribution in [3.05, 3.63) is 70.8 Å². The first-order valence-corrected chi connectivity index (χ1v) is 13.5. The van der Waals surface area contributed by atoms with Crippen molar-refractivity contribution in [2.24, 2.45) is 5.92 Å². The van der Waals surface area contributed by atoms with E-state index in [4.69, 9.17) is 4.74 Å². The van der Waals surface area contributed by atoms with Crippen molar-refractivity contribution in [3.63, 3.8) is 0 Å². The maximum atomic E-state index is 13.7. The predicted molar refractivity (Wildman–Crippen MR) is 139 cm³/mol. The van der Waals surface area contributed by atoms with E-state index < -0.39 is 17.6 Å². The lowest BCUT2D eigenvalue weighted by atomic mass is 9.87. The SMILES string of the molecule is CC(=O)N1CC(c2ccc3c(c2)CC[C@@]32OC(=O)N(CC(=O)N(Cc3ccccc3)C(C)C3CC3)C2=O)C1. The maximum absolute atomic E-state index is 13.7. The Morgan fingerprint density at radius 2 is 1.84 bits per heavy atom. The molecule has 0 radical (unpaired) electrons. The molecule has 2 heterocycles. The van der Waals surface area contributed by atoms with Gasteiger partial charge in [-0.05, 0) is 48.8 Å². The predicted octanol–water partition coefficient (Wildman–Crippen LogP) is 3.58. The van der Waals surface area contributed by atoms with Crippen molar-refractivity contribution in [1.29, 1.82) is 0 Å². The lowest BCUT2D eigenvalue weighted by Crippen LogP contribution is -2.47. The molecule has 6 rings (SSSR count). The van der Waals surface area contributed by atoms with Crippen LogP contribution in [0, 0.1) is 5.92 Å². The number of hydrogen-bond donors (Lipinski definition) is 0. The van der Waals surface area contributed by atoms with E-state index in [1.165, 1.54) is 0 Å². The van der Waals surface area contributed by atoms with Crippen LogP contribution in [-0.2, 0) is 37.7 Å². The molecule has 4 aliphatic rings. The van der Waals surface area contributed by atoms with Gasteiger partial charge in [-0.25, -0.2) is 9.69 Å². The third-order valence-corrected chi connectivity index (χ3v) is 8.79. The fourth-order valence-corrected chi connectivity index (χ4v) is 6.17. The van der Waals surface area contributed by atoms with Crippen LogP contribution in [0.5, 0.6) is 0 Å². The van der Waals surface area contributed by atoms with Crippen LogP contribution in [-0.4, -0.2) is 64.2 Å². The fraction of sp³-hybridized carbons (Fsp3) is 0.467. The van der Waals surface area contributed by atoms with Crippen molar-refractivity contribution < 1.29 is 23.9 Å². The summed E-state index contributed by atoms with van der Waals surface area (Å²) in [6.07, 6.45) is 2.40. The van der Waals surface area contributed by atoms with Gasteiger partial charge in [-0.3, -0.25) is 14.4 Å². The molecule has 0 N–H and O–H groups in total. The minimum absolute atomic E-state index is 0.0291. The van der Waals surface area contributed by atoms with Crippen molar-refractivity contribution in [2.45, 2.75) is 63.6 Å². The van der Waals surface area contributed by atoms with E-state index in [0.717, 1.165) is 34.4 Å². The van der Waals surface area contributed by atoms with E-state index in [1.54, 1.807) is 11.8 Å². The van der Waals surface area contributed by atoms with Crippen LogP contribution in [0.1, 0.15) is 61.3 Å². The van der Waals surface area contributed by atoms with Gasteiger partial charge in [-0.2, -0.15) is 0 Å². The number of rotatable bonds is 7. The smallest absolute Gasteiger partial charge is 0.418 e. The molecule has 3 fully saturated rings. The molecule has 1 saturated carbocycles. The van der Waals surface area contributed by atoms with Gasteiger partial charge < -0.3 is 14.5 Å². The molecule has 2 aliphatic heterocycles. The number of imide groups is 1. The van der Waals surface area contributed by atoms with Crippen LogP contribution < -0.4 is 0 Å². The second-order valence-corrected chi connectivity index (χ2v) is 11.2. The summed E-state index contributed by atoms with van der Waals surface area (Å²) in [7, 11) is 0. The van der Waals surface area contributed by atoms with E-state index in [2.05, 4.69) is 6.07 Å². The summed E-state index contributed by atoms with van der Waals surface area (Å²) in [5.41, 5.74) is 2.49. The van der Waals surface area contributed by atoms with Crippen LogP contribution in [0.2, 0.25) is 0 Å². The summed E-state index contributed by atoms with van der Waals surface area (Å²) < 4.78 is 5.78. The highest BCUT2D eigenvalue weighted by molar-refractivity contribution is 6.06. The molecule has 38 heavy (non-hydrogen) atoms. The van der Waals surface area contributed by atoms with Gasteiger partial charge in [-0.1, -0.05) is 48.5 Å². The molecule has 2 atom stereocenters. The first kappa shape index (κ1) is 24.6. The van der Waals surface area contributed by atoms with Gasteiger partial charge in [0.05, 0.1) is 0 Å². The molecule has 198 valence electrons. The Labute approximate surface area is 222 Å². The number of nitrogens with zero attached hydrogens (tertiary/aromatic N) is 3. The zero-order chi connectivity index (χ0) is 26.6. The molecule has 0 aromatic heterocycles. The Balaban J connectivity index is 1.19. The van der Waals surface area contributed by atoms with Gasteiger partial charge in [0.2, 0.25) is 17.4 Å². The largest absolute Gasteiger partial charge is 0.427 e. The zero-order valence-electron chi connectivity index (χ0n) is 21.9. The van der Waals surface area contributed by atoms with Gasteiger partial charge in [0.15, 0.2) is 0 Å². The summed E-state index contributed by atoms with van der Waals surface area (Å²) in [6.45, 7) is 5.14. The number of carbonyl (C=O) groups excluding carboxylic acids is 4. The first-order valence-electron chi connectivity index (χ1n) is 13.5. The normalized spacial score (nSPS) is 23.3. The molecule has 1 spiro atoms. The Hall–Kier alpha value is -3.68. The van der Waals surface area contributed by atoms with Crippen molar-refractivity contribution in [1.82, 2.24) is 14.7 Å². The number of aryl methyl sites for hydroxylation is 1. The van der Waals surface area contributed by atoms with Crippen molar-refractivity contribution in [2.75, 3.05) is 19.6 Å². The number of carbonyl (C=O) groups is 4. The van der Waals surface area contributed by atoms with Gasteiger partial charge in [0.1, 0.15) is 6.54 Å². The topological polar surface area (TPSA) is 87.2 Å². The monoisotopic (exact) mass is 515 g/mol. The molecule has 2 saturated heterocycles. The molecule has 2 aromatic carbocycles. The van der Waals surface area contributed by atoms with Crippen molar-refractivity contribution in [3.8, 4) is 0 Å². The quantitative estimate of drug-likeness (QED) is 0.563. The van der Waals surface area contributed by atoms with Crippen LogP contribution in [0.3, 0.4) is 0 Å².